The fourth-order valence-corrected chi connectivity index (χ4v) is 1.32. The average molecular weight is 186 g/mol. The Labute approximate surface area is 81.7 Å². The van der Waals surface area contributed by atoms with Gasteiger partial charge in [0.2, 0.25) is 0 Å². The summed E-state index contributed by atoms with van der Waals surface area (Å²) >= 11 is 0. The second-order valence-electron chi connectivity index (χ2n) is 3.45. The molecule has 0 heterocycles. The minimum Gasteiger partial charge on any atom is -0.381 e. The number of carbonyl (C=O) groups excluding carboxylic acids is 1. The largest absolute Gasteiger partial charge is 0.381 e. The number of methoxy groups -OCH3 is 1. The Hall–Kier alpha value is -0.370. The lowest BCUT2D eigenvalue weighted by atomic mass is 10.0. The maximum Gasteiger partial charge on any atom is 0.135 e. The fourth-order valence-electron chi connectivity index (χ4n) is 1.32. The molecule has 0 aromatic carbocycles. The number of unbranched alkanes of at least 4 members (excludes halogenated alkanes) is 2. The molecule has 0 saturated heterocycles. The summed E-state index contributed by atoms with van der Waals surface area (Å²) in [4.78, 5) is 11.1. The Morgan fingerprint density at radius 2 is 2.00 bits per heavy atom. The van der Waals surface area contributed by atoms with E-state index in [1.54, 1.807) is 7.11 Å². The molecule has 0 rings (SSSR count). The van der Waals surface area contributed by atoms with E-state index in [1.165, 1.54) is 19.3 Å². The minimum atomic E-state index is 0.152. The summed E-state index contributed by atoms with van der Waals surface area (Å²) in [6.07, 6.45) is 6.03. The van der Waals surface area contributed by atoms with Gasteiger partial charge in [0.1, 0.15) is 5.78 Å². The van der Waals surface area contributed by atoms with Crippen molar-refractivity contribution in [2.75, 3.05) is 7.11 Å². The number of hydrogen-bond donors (Lipinski definition) is 0. The summed E-state index contributed by atoms with van der Waals surface area (Å²) in [5.41, 5.74) is 0. The van der Waals surface area contributed by atoms with Crippen LogP contribution >= 0.6 is 0 Å². The van der Waals surface area contributed by atoms with E-state index < -0.39 is 0 Å². The van der Waals surface area contributed by atoms with Gasteiger partial charge in [-0.3, -0.25) is 4.79 Å². The first-order valence-corrected chi connectivity index (χ1v) is 5.29. The highest BCUT2D eigenvalue weighted by atomic mass is 16.5. The molecule has 0 radical (unpaired) electrons. The maximum atomic E-state index is 11.1. The SMILES string of the molecule is CCCCCC(CC(=O)CC)OC. The predicted octanol–water partition coefficient (Wildman–Crippen LogP) is 2.95. The molecule has 2 nitrogen and oxygen atoms in total. The maximum absolute atomic E-state index is 11.1. The number of carbonyl (C=O) groups is 1. The average Bonchev–Trinajstić information content (AvgIpc) is 2.16. The lowest BCUT2D eigenvalue weighted by Gasteiger charge is -2.13. The Balaban J connectivity index is 3.56. The lowest BCUT2D eigenvalue weighted by molar-refractivity contribution is -0.121. The van der Waals surface area contributed by atoms with Gasteiger partial charge in [-0.15, -0.1) is 0 Å². The van der Waals surface area contributed by atoms with Gasteiger partial charge in [-0.1, -0.05) is 33.1 Å². The van der Waals surface area contributed by atoms with E-state index in [4.69, 9.17) is 4.74 Å². The molecular weight excluding hydrogens is 164 g/mol. The van der Waals surface area contributed by atoms with Gasteiger partial charge < -0.3 is 4.74 Å². The van der Waals surface area contributed by atoms with Crippen LogP contribution in [0.4, 0.5) is 0 Å². The summed E-state index contributed by atoms with van der Waals surface area (Å²) < 4.78 is 5.25. The van der Waals surface area contributed by atoms with Gasteiger partial charge in [0.25, 0.3) is 0 Å². The van der Waals surface area contributed by atoms with Crippen LogP contribution in [0.1, 0.15) is 52.4 Å². The summed E-state index contributed by atoms with van der Waals surface area (Å²) in [5.74, 6) is 0.309. The van der Waals surface area contributed by atoms with E-state index in [1.807, 2.05) is 6.92 Å². The topological polar surface area (TPSA) is 26.3 Å². The van der Waals surface area contributed by atoms with Crippen LogP contribution in [0.15, 0.2) is 0 Å². The molecule has 0 aromatic rings. The highest BCUT2D eigenvalue weighted by Gasteiger charge is 2.10. The van der Waals surface area contributed by atoms with Crippen LogP contribution in [0.3, 0.4) is 0 Å². The van der Waals surface area contributed by atoms with Crippen molar-refractivity contribution in [2.45, 2.75) is 58.5 Å². The van der Waals surface area contributed by atoms with Gasteiger partial charge in [0.15, 0.2) is 0 Å². The molecule has 0 spiro atoms. The Bertz CT molecular complexity index is 132. The minimum absolute atomic E-state index is 0.152. The molecule has 1 atom stereocenters. The molecule has 0 N–H and O–H groups in total. The zero-order valence-corrected chi connectivity index (χ0v) is 9.14. The first-order valence-electron chi connectivity index (χ1n) is 5.29. The summed E-state index contributed by atoms with van der Waals surface area (Å²) in [5, 5.41) is 0. The van der Waals surface area contributed by atoms with E-state index in [9.17, 15) is 4.79 Å². The monoisotopic (exact) mass is 186 g/mol. The van der Waals surface area contributed by atoms with Gasteiger partial charge in [-0.25, -0.2) is 0 Å². The van der Waals surface area contributed by atoms with Crippen molar-refractivity contribution in [3.8, 4) is 0 Å². The summed E-state index contributed by atoms with van der Waals surface area (Å²) in [7, 11) is 1.69. The van der Waals surface area contributed by atoms with Gasteiger partial charge >= 0.3 is 0 Å². The second-order valence-corrected chi connectivity index (χ2v) is 3.45. The normalized spacial score (nSPS) is 12.8. The van der Waals surface area contributed by atoms with E-state index >= 15 is 0 Å². The third kappa shape index (κ3) is 6.76. The third-order valence-electron chi connectivity index (χ3n) is 2.31. The van der Waals surface area contributed by atoms with E-state index in [-0.39, 0.29) is 6.10 Å². The molecule has 1 unspecified atom stereocenters. The Kier molecular flexibility index (Phi) is 8.00. The summed E-state index contributed by atoms with van der Waals surface area (Å²) in [6, 6.07) is 0. The quantitative estimate of drug-likeness (QED) is 0.545. The highest BCUT2D eigenvalue weighted by molar-refractivity contribution is 5.78. The molecule has 13 heavy (non-hydrogen) atoms. The standard InChI is InChI=1S/C11H22O2/c1-4-6-7-8-11(13-3)9-10(12)5-2/h11H,4-9H2,1-3H3. The third-order valence-corrected chi connectivity index (χ3v) is 2.31. The molecule has 0 aliphatic rings. The molecular formula is C11H22O2. The van der Waals surface area contributed by atoms with Crippen molar-refractivity contribution in [3.63, 3.8) is 0 Å². The second kappa shape index (κ2) is 8.24. The van der Waals surface area contributed by atoms with Gasteiger partial charge in [0, 0.05) is 20.0 Å². The molecule has 0 aliphatic heterocycles. The Morgan fingerprint density at radius 3 is 2.46 bits per heavy atom. The molecule has 78 valence electrons. The molecule has 0 aliphatic carbocycles. The number of ether oxygens (including phenoxy) is 1. The molecule has 0 saturated carbocycles. The lowest BCUT2D eigenvalue weighted by Crippen LogP contribution is -2.15. The zero-order valence-electron chi connectivity index (χ0n) is 9.14. The van der Waals surface area contributed by atoms with Crippen molar-refractivity contribution in [3.05, 3.63) is 0 Å². The number of hydrogen-bond acceptors (Lipinski definition) is 2. The van der Waals surface area contributed by atoms with Gasteiger partial charge in [-0.2, -0.15) is 0 Å². The van der Waals surface area contributed by atoms with Crippen LogP contribution in [0.5, 0.6) is 0 Å². The molecule has 0 fully saturated rings. The van der Waals surface area contributed by atoms with Crippen molar-refractivity contribution in [1.82, 2.24) is 0 Å². The molecule has 2 heteroatoms. The van der Waals surface area contributed by atoms with Crippen LogP contribution < -0.4 is 0 Å². The van der Waals surface area contributed by atoms with Crippen LogP contribution in [0.2, 0.25) is 0 Å². The molecule has 0 aromatic heterocycles. The first-order chi connectivity index (χ1) is 6.24. The zero-order chi connectivity index (χ0) is 10.1. The van der Waals surface area contributed by atoms with E-state index in [0.717, 1.165) is 6.42 Å². The van der Waals surface area contributed by atoms with Crippen molar-refractivity contribution < 1.29 is 9.53 Å². The predicted molar refractivity (Wildman–Crippen MR) is 54.9 cm³/mol. The van der Waals surface area contributed by atoms with Crippen LogP contribution in [0.25, 0.3) is 0 Å². The van der Waals surface area contributed by atoms with Crippen molar-refractivity contribution in [1.29, 1.82) is 0 Å². The van der Waals surface area contributed by atoms with Gasteiger partial charge in [0.05, 0.1) is 6.10 Å². The summed E-state index contributed by atoms with van der Waals surface area (Å²) in [6.45, 7) is 4.08. The highest BCUT2D eigenvalue weighted by Crippen LogP contribution is 2.10. The molecule has 0 amide bonds. The number of ketones is 1. The number of rotatable bonds is 8. The van der Waals surface area contributed by atoms with Crippen LogP contribution in [0, 0.1) is 0 Å². The van der Waals surface area contributed by atoms with Gasteiger partial charge in [-0.05, 0) is 6.42 Å². The molecule has 0 bridgehead atoms. The van der Waals surface area contributed by atoms with E-state index in [0.29, 0.717) is 18.6 Å². The van der Waals surface area contributed by atoms with E-state index in [2.05, 4.69) is 6.92 Å². The Morgan fingerprint density at radius 1 is 1.31 bits per heavy atom. The van der Waals surface area contributed by atoms with Crippen LogP contribution in [-0.4, -0.2) is 19.0 Å². The smallest absolute Gasteiger partial charge is 0.135 e. The van der Waals surface area contributed by atoms with Crippen LogP contribution in [-0.2, 0) is 9.53 Å². The van der Waals surface area contributed by atoms with Crippen molar-refractivity contribution in [2.24, 2.45) is 0 Å². The van der Waals surface area contributed by atoms with Crippen molar-refractivity contribution >= 4 is 5.78 Å². The fraction of sp³-hybridized carbons (Fsp3) is 0.909. The number of Topliss-reactive ketones (excluding diaryl/α,β-unsaturated/α-hetero) is 1. The first kappa shape index (κ1) is 12.6.